The van der Waals surface area contributed by atoms with E-state index in [2.05, 4.69) is 6.92 Å². The van der Waals surface area contributed by atoms with E-state index in [9.17, 15) is 4.79 Å². The minimum atomic E-state index is -0.0974. The van der Waals surface area contributed by atoms with Gasteiger partial charge in [-0.25, -0.2) is 0 Å². The summed E-state index contributed by atoms with van der Waals surface area (Å²) >= 11 is 1.65. The highest BCUT2D eigenvalue weighted by Gasteiger charge is 2.09. The lowest BCUT2D eigenvalue weighted by atomic mass is 10.2. The average molecular weight is 258 g/mol. The van der Waals surface area contributed by atoms with Gasteiger partial charge in [-0.3, -0.25) is 4.79 Å². The first-order valence-electron chi connectivity index (χ1n) is 5.79. The highest BCUT2D eigenvalue weighted by molar-refractivity contribution is 8.08. The number of carbonyl (C=O) groups is 1. The molecule has 2 rings (SSSR count). The molecular formula is C15H14O2S. The topological polar surface area (TPSA) is 30.2 Å². The summed E-state index contributed by atoms with van der Waals surface area (Å²) in [5.41, 5.74) is 1.06. The van der Waals surface area contributed by atoms with E-state index in [0.29, 0.717) is 5.76 Å². The highest BCUT2D eigenvalue weighted by atomic mass is 32.2. The van der Waals surface area contributed by atoms with Gasteiger partial charge in [-0.2, -0.15) is 0 Å². The van der Waals surface area contributed by atoms with E-state index in [1.807, 2.05) is 30.3 Å². The van der Waals surface area contributed by atoms with Gasteiger partial charge in [0.2, 0.25) is 5.78 Å². The molecule has 1 aromatic carbocycles. The SMILES string of the molecule is CCS/C(=C\C(=O)c1ccco1)c1ccccc1. The van der Waals surface area contributed by atoms with Crippen LogP contribution in [0.5, 0.6) is 0 Å². The fourth-order valence-electron chi connectivity index (χ4n) is 1.58. The summed E-state index contributed by atoms with van der Waals surface area (Å²) in [7, 11) is 0. The number of hydrogen-bond donors (Lipinski definition) is 0. The summed E-state index contributed by atoms with van der Waals surface area (Å²) in [4.78, 5) is 13.0. The summed E-state index contributed by atoms with van der Waals surface area (Å²) in [6.07, 6.45) is 3.15. The molecule has 2 nitrogen and oxygen atoms in total. The predicted octanol–water partition coefficient (Wildman–Crippen LogP) is 4.26. The van der Waals surface area contributed by atoms with Crippen molar-refractivity contribution in [3.63, 3.8) is 0 Å². The maximum absolute atomic E-state index is 12.0. The second-order valence-corrected chi connectivity index (χ2v) is 4.96. The zero-order chi connectivity index (χ0) is 12.8. The third-order valence-corrected chi connectivity index (χ3v) is 3.34. The van der Waals surface area contributed by atoms with Crippen molar-refractivity contribution in [3.05, 3.63) is 66.1 Å². The highest BCUT2D eigenvalue weighted by Crippen LogP contribution is 2.27. The lowest BCUT2D eigenvalue weighted by molar-refractivity contribution is 0.102. The first kappa shape index (κ1) is 12.7. The molecule has 3 heteroatoms. The molecule has 0 radical (unpaired) electrons. The Hall–Kier alpha value is -1.74. The molecule has 0 fully saturated rings. The average Bonchev–Trinajstić information content (AvgIpc) is 2.93. The number of hydrogen-bond acceptors (Lipinski definition) is 3. The largest absolute Gasteiger partial charge is 0.461 e. The molecule has 0 amide bonds. The molecule has 0 saturated carbocycles. The van der Waals surface area contributed by atoms with Gasteiger partial charge in [0.15, 0.2) is 5.76 Å². The normalized spacial score (nSPS) is 11.5. The van der Waals surface area contributed by atoms with Gasteiger partial charge >= 0.3 is 0 Å². The van der Waals surface area contributed by atoms with Crippen LogP contribution in [0.25, 0.3) is 4.91 Å². The lowest BCUT2D eigenvalue weighted by Crippen LogP contribution is -1.93. The third kappa shape index (κ3) is 3.14. The number of allylic oxidation sites excluding steroid dienone is 1. The van der Waals surface area contributed by atoms with E-state index in [1.54, 1.807) is 30.0 Å². The Morgan fingerprint density at radius 3 is 2.61 bits per heavy atom. The minimum absolute atomic E-state index is 0.0974. The van der Waals surface area contributed by atoms with Crippen molar-refractivity contribution in [1.82, 2.24) is 0 Å². The van der Waals surface area contributed by atoms with Crippen molar-refractivity contribution in [2.75, 3.05) is 5.75 Å². The molecule has 18 heavy (non-hydrogen) atoms. The molecule has 0 aliphatic heterocycles. The van der Waals surface area contributed by atoms with E-state index in [4.69, 9.17) is 4.42 Å². The molecule has 0 unspecified atom stereocenters. The van der Waals surface area contributed by atoms with Gasteiger partial charge in [-0.1, -0.05) is 37.3 Å². The van der Waals surface area contributed by atoms with E-state index >= 15 is 0 Å². The Kier molecular flexibility index (Phi) is 4.42. The zero-order valence-corrected chi connectivity index (χ0v) is 10.9. The van der Waals surface area contributed by atoms with E-state index < -0.39 is 0 Å². The monoisotopic (exact) mass is 258 g/mol. The maximum atomic E-state index is 12.0. The van der Waals surface area contributed by atoms with Crippen molar-refractivity contribution in [1.29, 1.82) is 0 Å². The molecule has 0 atom stereocenters. The molecule has 0 aliphatic carbocycles. The molecular weight excluding hydrogens is 244 g/mol. The number of carbonyl (C=O) groups excluding carboxylic acids is 1. The molecule has 0 aliphatic rings. The second-order valence-electron chi connectivity index (χ2n) is 3.65. The van der Waals surface area contributed by atoms with E-state index in [0.717, 1.165) is 16.2 Å². The van der Waals surface area contributed by atoms with Gasteiger partial charge in [0.1, 0.15) is 0 Å². The van der Waals surface area contributed by atoms with Crippen LogP contribution in [0.15, 0.2) is 59.2 Å². The van der Waals surface area contributed by atoms with Gasteiger partial charge in [0.25, 0.3) is 0 Å². The van der Waals surface area contributed by atoms with Gasteiger partial charge in [0, 0.05) is 11.0 Å². The fourth-order valence-corrected chi connectivity index (χ4v) is 2.38. The first-order valence-corrected chi connectivity index (χ1v) is 6.77. The summed E-state index contributed by atoms with van der Waals surface area (Å²) in [5.74, 6) is 1.20. The Balaban J connectivity index is 2.28. The fraction of sp³-hybridized carbons (Fsp3) is 0.133. The van der Waals surface area contributed by atoms with Crippen LogP contribution in [-0.4, -0.2) is 11.5 Å². The van der Waals surface area contributed by atoms with Crippen molar-refractivity contribution >= 4 is 22.5 Å². The minimum Gasteiger partial charge on any atom is -0.461 e. The van der Waals surface area contributed by atoms with Crippen LogP contribution in [0, 0.1) is 0 Å². The number of furan rings is 1. The maximum Gasteiger partial charge on any atom is 0.222 e. The first-order chi connectivity index (χ1) is 8.81. The molecule has 1 aromatic heterocycles. The van der Waals surface area contributed by atoms with Crippen LogP contribution < -0.4 is 0 Å². The van der Waals surface area contributed by atoms with Crippen molar-refractivity contribution in [2.45, 2.75) is 6.92 Å². The smallest absolute Gasteiger partial charge is 0.222 e. The lowest BCUT2D eigenvalue weighted by Gasteiger charge is -2.05. The quantitative estimate of drug-likeness (QED) is 0.593. The summed E-state index contributed by atoms with van der Waals surface area (Å²) < 4.78 is 5.11. The Morgan fingerprint density at radius 1 is 1.22 bits per heavy atom. The van der Waals surface area contributed by atoms with Crippen LogP contribution in [0.4, 0.5) is 0 Å². The zero-order valence-electron chi connectivity index (χ0n) is 10.1. The van der Waals surface area contributed by atoms with Crippen molar-refractivity contribution < 1.29 is 9.21 Å². The molecule has 0 saturated heterocycles. The van der Waals surface area contributed by atoms with E-state index in [1.165, 1.54) is 6.26 Å². The van der Waals surface area contributed by atoms with Crippen LogP contribution in [0.3, 0.4) is 0 Å². The van der Waals surface area contributed by atoms with E-state index in [-0.39, 0.29) is 5.78 Å². The molecule has 0 bridgehead atoms. The number of ketones is 1. The number of thioether (sulfide) groups is 1. The molecule has 1 heterocycles. The van der Waals surface area contributed by atoms with Gasteiger partial charge < -0.3 is 4.42 Å². The summed E-state index contributed by atoms with van der Waals surface area (Å²) in [6.45, 7) is 2.07. The number of rotatable bonds is 5. The Labute approximate surface area is 111 Å². The molecule has 92 valence electrons. The third-order valence-electron chi connectivity index (χ3n) is 2.38. The predicted molar refractivity (Wildman–Crippen MR) is 75.6 cm³/mol. The van der Waals surface area contributed by atoms with Crippen molar-refractivity contribution in [2.24, 2.45) is 0 Å². The van der Waals surface area contributed by atoms with Gasteiger partial charge in [0.05, 0.1) is 6.26 Å². The van der Waals surface area contributed by atoms with Crippen LogP contribution in [-0.2, 0) is 0 Å². The van der Waals surface area contributed by atoms with Crippen LogP contribution >= 0.6 is 11.8 Å². The van der Waals surface area contributed by atoms with Crippen LogP contribution in [0.1, 0.15) is 23.0 Å². The molecule has 0 N–H and O–H groups in total. The van der Waals surface area contributed by atoms with Gasteiger partial charge in [-0.15, -0.1) is 11.8 Å². The Morgan fingerprint density at radius 2 is 2.00 bits per heavy atom. The summed E-state index contributed by atoms with van der Waals surface area (Å²) in [6, 6.07) is 13.3. The molecule has 0 spiro atoms. The number of benzene rings is 1. The van der Waals surface area contributed by atoms with Gasteiger partial charge in [-0.05, 0) is 23.4 Å². The van der Waals surface area contributed by atoms with Crippen molar-refractivity contribution in [3.8, 4) is 0 Å². The molecule has 2 aromatic rings. The second kappa shape index (κ2) is 6.26. The standard InChI is InChI=1S/C15H14O2S/c1-2-18-15(12-7-4-3-5-8-12)11-13(16)14-9-6-10-17-14/h3-11H,2H2,1H3/b15-11-. The Bertz CT molecular complexity index is 527. The van der Waals surface area contributed by atoms with Crippen LogP contribution in [0.2, 0.25) is 0 Å². The summed E-state index contributed by atoms with van der Waals surface area (Å²) in [5, 5.41) is 0.